The third kappa shape index (κ3) is 1.47. The van der Waals surface area contributed by atoms with Crippen molar-refractivity contribution in [1.82, 2.24) is 0 Å². The van der Waals surface area contributed by atoms with Gasteiger partial charge in [-0.25, -0.2) is 0 Å². The lowest BCUT2D eigenvalue weighted by Gasteiger charge is -2.17. The molecular weight excluding hydrogens is 178 g/mol. The van der Waals surface area contributed by atoms with E-state index in [1.807, 2.05) is 4.90 Å². The van der Waals surface area contributed by atoms with Gasteiger partial charge in [0.2, 0.25) is 0 Å². The zero-order valence-corrected chi connectivity index (χ0v) is 7.28. The van der Waals surface area contributed by atoms with Crippen LogP contribution in [0, 0.1) is 5.92 Å². The van der Waals surface area contributed by atoms with Gasteiger partial charge in [0.25, 0.3) is 0 Å². The van der Waals surface area contributed by atoms with Crippen LogP contribution in [-0.4, -0.2) is 19.6 Å². The Morgan fingerprint density at radius 2 is 2.00 bits per heavy atom. The molecule has 2 saturated heterocycles. The molecule has 0 aliphatic carbocycles. The van der Waals surface area contributed by atoms with Gasteiger partial charge in [-0.3, -0.25) is 0 Å². The lowest BCUT2D eigenvalue weighted by Crippen LogP contribution is -3.10. The Morgan fingerprint density at radius 3 is 2.67 bits per heavy atom. The van der Waals surface area contributed by atoms with E-state index < -0.39 is 0 Å². The maximum absolute atomic E-state index is 1.88. The third-order valence-corrected chi connectivity index (χ3v) is 2.63. The second-order valence-electron chi connectivity index (χ2n) is 3.25. The minimum atomic E-state index is 0. The number of fused-ring (bicyclic) bond motifs is 2. The molecule has 0 amide bonds. The quantitative estimate of drug-likeness (QED) is 0.410. The van der Waals surface area contributed by atoms with Gasteiger partial charge in [-0.2, -0.15) is 0 Å². The van der Waals surface area contributed by atoms with Gasteiger partial charge >= 0.3 is 0 Å². The summed E-state index contributed by atoms with van der Waals surface area (Å²) in [4.78, 5) is 1.88. The number of hydrogen-bond donors (Lipinski definition) is 1. The average Bonchev–Trinajstić information content (AvgIpc) is 2.12. The van der Waals surface area contributed by atoms with Crippen molar-refractivity contribution in [3.63, 3.8) is 0 Å². The summed E-state index contributed by atoms with van der Waals surface area (Å²) >= 11 is 0. The van der Waals surface area contributed by atoms with Crippen LogP contribution >= 0.6 is 0 Å². The van der Waals surface area contributed by atoms with Crippen LogP contribution in [0.4, 0.5) is 0 Å². The molecule has 2 bridgehead atoms. The first kappa shape index (κ1) is 7.55. The van der Waals surface area contributed by atoms with Crippen LogP contribution < -0.4 is 21.9 Å². The van der Waals surface area contributed by atoms with E-state index in [1.165, 1.54) is 38.9 Å². The van der Waals surface area contributed by atoms with Crippen LogP contribution in [0.2, 0.25) is 0 Å². The molecule has 2 aliphatic rings. The molecule has 2 heterocycles. The number of rotatable bonds is 0. The maximum Gasteiger partial charge on any atom is 0.0801 e. The minimum Gasteiger partial charge on any atom is -1.00 e. The van der Waals surface area contributed by atoms with Gasteiger partial charge in [0.1, 0.15) is 0 Å². The zero-order chi connectivity index (χ0) is 5.40. The highest BCUT2D eigenvalue weighted by atomic mass is 79.9. The fourth-order valence-corrected chi connectivity index (χ4v) is 2.13. The summed E-state index contributed by atoms with van der Waals surface area (Å²) in [6, 6.07) is 0. The van der Waals surface area contributed by atoms with Crippen LogP contribution in [0.25, 0.3) is 0 Å². The molecule has 0 aromatic rings. The van der Waals surface area contributed by atoms with Crippen LogP contribution in [0.15, 0.2) is 0 Å². The van der Waals surface area contributed by atoms with Crippen molar-refractivity contribution in [3.05, 3.63) is 0 Å². The molecule has 0 spiro atoms. The van der Waals surface area contributed by atoms with Crippen LogP contribution in [0.1, 0.15) is 19.3 Å². The SMILES string of the molecule is C1CC2CC[NH+](C1)C2.[Br-]. The van der Waals surface area contributed by atoms with Crippen molar-refractivity contribution in [1.29, 1.82) is 0 Å². The number of nitrogens with one attached hydrogen (secondary N) is 1. The van der Waals surface area contributed by atoms with Crippen LogP contribution in [0.3, 0.4) is 0 Å². The fourth-order valence-electron chi connectivity index (χ4n) is 2.13. The maximum atomic E-state index is 1.88. The third-order valence-electron chi connectivity index (χ3n) is 2.63. The summed E-state index contributed by atoms with van der Waals surface area (Å²) < 4.78 is 0. The first-order chi connectivity index (χ1) is 3.95. The highest BCUT2D eigenvalue weighted by Crippen LogP contribution is 2.14. The summed E-state index contributed by atoms with van der Waals surface area (Å²) in [6.07, 6.45) is 4.55. The molecule has 0 aromatic heterocycles. The number of halogens is 1. The van der Waals surface area contributed by atoms with E-state index in [0.717, 1.165) is 5.92 Å². The van der Waals surface area contributed by atoms with Crippen molar-refractivity contribution in [2.24, 2.45) is 5.92 Å². The summed E-state index contributed by atoms with van der Waals surface area (Å²) in [5.41, 5.74) is 0. The largest absolute Gasteiger partial charge is 1.00 e. The Bertz CT molecular complexity index is 80.9. The van der Waals surface area contributed by atoms with Crippen molar-refractivity contribution in [3.8, 4) is 0 Å². The normalized spacial score (nSPS) is 40.0. The highest BCUT2D eigenvalue weighted by Gasteiger charge is 2.29. The lowest BCUT2D eigenvalue weighted by molar-refractivity contribution is -0.892. The summed E-state index contributed by atoms with van der Waals surface area (Å²) in [6.45, 7) is 4.45. The molecule has 2 aliphatic heterocycles. The van der Waals surface area contributed by atoms with Gasteiger partial charge in [-0.1, -0.05) is 0 Å². The number of hydrogen-bond acceptors (Lipinski definition) is 0. The fraction of sp³-hybridized carbons (Fsp3) is 1.00. The Labute approximate surface area is 67.2 Å². The van der Waals surface area contributed by atoms with E-state index in [4.69, 9.17) is 0 Å². The van der Waals surface area contributed by atoms with Gasteiger partial charge in [0.05, 0.1) is 19.6 Å². The van der Waals surface area contributed by atoms with Gasteiger partial charge in [-0.15, -0.1) is 0 Å². The molecule has 2 heteroatoms. The van der Waals surface area contributed by atoms with Gasteiger partial charge in [0.15, 0.2) is 0 Å². The Kier molecular flexibility index (Phi) is 2.53. The lowest BCUT2D eigenvalue weighted by atomic mass is 10.0. The predicted octanol–water partition coefficient (Wildman–Crippen LogP) is -3.31. The van der Waals surface area contributed by atoms with Crippen molar-refractivity contribution in [2.75, 3.05) is 19.6 Å². The number of piperidine rings is 1. The zero-order valence-electron chi connectivity index (χ0n) is 5.70. The van der Waals surface area contributed by atoms with Crippen molar-refractivity contribution < 1.29 is 21.9 Å². The summed E-state index contributed by atoms with van der Waals surface area (Å²) in [5, 5.41) is 0. The molecule has 9 heavy (non-hydrogen) atoms. The van der Waals surface area contributed by atoms with Crippen molar-refractivity contribution >= 4 is 0 Å². The predicted molar refractivity (Wildman–Crippen MR) is 32.9 cm³/mol. The van der Waals surface area contributed by atoms with E-state index in [0.29, 0.717) is 0 Å². The van der Waals surface area contributed by atoms with E-state index in [9.17, 15) is 0 Å². The van der Waals surface area contributed by atoms with Gasteiger partial charge in [0, 0.05) is 12.3 Å². The average molecular weight is 192 g/mol. The first-order valence-corrected chi connectivity index (χ1v) is 3.79. The highest BCUT2D eigenvalue weighted by molar-refractivity contribution is 4.66. The monoisotopic (exact) mass is 191 g/mol. The summed E-state index contributed by atoms with van der Waals surface area (Å²) in [7, 11) is 0. The second-order valence-corrected chi connectivity index (χ2v) is 3.25. The van der Waals surface area contributed by atoms with E-state index in [-0.39, 0.29) is 17.0 Å². The standard InChI is InChI=1S/C7H13N.BrH/c1-2-7-3-5-8(4-1)6-7;/h7H,1-6H2;1H. The first-order valence-electron chi connectivity index (χ1n) is 3.79. The topological polar surface area (TPSA) is 4.44 Å². The molecule has 2 unspecified atom stereocenters. The van der Waals surface area contributed by atoms with Gasteiger partial charge in [-0.05, 0) is 12.8 Å². The Morgan fingerprint density at radius 1 is 1.11 bits per heavy atom. The van der Waals surface area contributed by atoms with E-state index in [2.05, 4.69) is 0 Å². The molecule has 54 valence electrons. The molecule has 1 N–H and O–H groups in total. The van der Waals surface area contributed by atoms with Crippen LogP contribution in [0.5, 0.6) is 0 Å². The van der Waals surface area contributed by atoms with Crippen molar-refractivity contribution in [2.45, 2.75) is 19.3 Å². The molecule has 2 atom stereocenters. The summed E-state index contributed by atoms with van der Waals surface area (Å²) in [5.74, 6) is 1.12. The Balaban J connectivity index is 0.000000405. The molecule has 0 saturated carbocycles. The smallest absolute Gasteiger partial charge is 0.0801 e. The van der Waals surface area contributed by atoms with E-state index >= 15 is 0 Å². The molecule has 1 nitrogen and oxygen atoms in total. The molecule has 2 fully saturated rings. The van der Waals surface area contributed by atoms with E-state index in [1.54, 1.807) is 0 Å². The molecular formula is C7H14BrN. The molecule has 0 aromatic carbocycles. The molecule has 0 radical (unpaired) electrons. The molecule has 2 rings (SSSR count). The van der Waals surface area contributed by atoms with Gasteiger partial charge < -0.3 is 21.9 Å². The van der Waals surface area contributed by atoms with Crippen LogP contribution in [-0.2, 0) is 0 Å². The minimum absolute atomic E-state index is 0. The Hall–Kier alpha value is 0.440. The second kappa shape index (κ2) is 3.02. The number of quaternary nitrogens is 1.